The molecule has 4 aliphatic heterocycles. The number of rotatable bonds is 16. The van der Waals surface area contributed by atoms with Crippen molar-refractivity contribution in [2.75, 3.05) is 128 Å². The first-order valence-electron chi connectivity index (χ1n) is 30.3. The predicted molar refractivity (Wildman–Crippen MR) is 430 cm³/mol. The van der Waals surface area contributed by atoms with Crippen LogP contribution in [0.4, 0.5) is 22.7 Å². The van der Waals surface area contributed by atoms with Crippen LogP contribution in [0.15, 0.2) is 194 Å². The maximum Gasteiger partial charge on any atom is 0.186 e. The summed E-state index contributed by atoms with van der Waals surface area (Å²) in [7, 11) is 13.9. The van der Waals surface area contributed by atoms with E-state index in [1.54, 1.807) is 28.4 Å². The molecule has 4 N–H and O–H groups in total. The van der Waals surface area contributed by atoms with Crippen LogP contribution in [0.3, 0.4) is 0 Å². The van der Waals surface area contributed by atoms with Gasteiger partial charge in [0, 0.05) is 97.8 Å². The van der Waals surface area contributed by atoms with Crippen molar-refractivity contribution in [2.24, 2.45) is 0 Å². The number of hydrogen-bond acceptors (Lipinski definition) is 16. The zero-order valence-electron chi connectivity index (χ0n) is 54.2. The highest BCUT2D eigenvalue weighted by Crippen LogP contribution is 2.60. The van der Waals surface area contributed by atoms with Gasteiger partial charge in [-0.3, -0.25) is 0 Å². The zero-order chi connectivity index (χ0) is 68.6. The third-order valence-electron chi connectivity index (χ3n) is 15.8. The van der Waals surface area contributed by atoms with Gasteiger partial charge in [0.25, 0.3) is 0 Å². The molecule has 28 heteroatoms. The maximum absolute atomic E-state index is 6.08. The van der Waals surface area contributed by atoms with Crippen LogP contribution in [0.1, 0.15) is 22.3 Å². The van der Waals surface area contributed by atoms with Crippen LogP contribution in [-0.4, -0.2) is 129 Å². The average molecular weight is 1510 g/mol. The number of nitrogens with one attached hydrogen (secondary N) is 4. The summed E-state index contributed by atoms with van der Waals surface area (Å²) in [6, 6.07) is 63.6. The number of benzene rings is 8. The van der Waals surface area contributed by atoms with Gasteiger partial charge >= 0.3 is 0 Å². The van der Waals surface area contributed by atoms with Gasteiger partial charge in [-0.15, -0.1) is 0 Å². The highest BCUT2D eigenvalue weighted by molar-refractivity contribution is 8.18. The van der Waals surface area contributed by atoms with Crippen LogP contribution < -0.4 is 80.1 Å². The van der Waals surface area contributed by atoms with E-state index < -0.39 is 25.7 Å². The van der Waals surface area contributed by atoms with Crippen molar-refractivity contribution in [2.45, 2.75) is 0 Å². The van der Waals surface area contributed by atoms with Crippen molar-refractivity contribution in [3.05, 3.63) is 216 Å². The first-order chi connectivity index (χ1) is 46.4. The number of methoxy groups -OCH3 is 4. The van der Waals surface area contributed by atoms with Crippen LogP contribution in [0.25, 0.3) is 0 Å². The summed E-state index contributed by atoms with van der Waals surface area (Å²) in [4.78, 5) is 2.81. The summed E-state index contributed by atoms with van der Waals surface area (Å²) in [6.45, 7) is 5.49. The molecule has 0 saturated carbocycles. The van der Waals surface area contributed by atoms with E-state index in [4.69, 9.17) is 133 Å². The Labute approximate surface area is 606 Å². The van der Waals surface area contributed by atoms with Gasteiger partial charge in [0.1, 0.15) is 43.0 Å². The minimum atomic E-state index is -2.34. The fourth-order valence-corrected chi connectivity index (χ4v) is 24.9. The van der Waals surface area contributed by atoms with E-state index in [9.17, 15) is 0 Å². The molecule has 0 spiro atoms. The molecule has 0 bridgehead atoms. The van der Waals surface area contributed by atoms with E-state index in [1.165, 1.54) is 0 Å². The lowest BCUT2D eigenvalue weighted by molar-refractivity contribution is 0.401. The number of hydrogen-bond donors (Lipinski definition) is 4. The maximum atomic E-state index is 6.08. The van der Waals surface area contributed by atoms with E-state index in [-0.39, 0.29) is 0 Å². The molecule has 4 fully saturated rings. The van der Waals surface area contributed by atoms with Gasteiger partial charge in [-0.05, 0) is 193 Å². The van der Waals surface area contributed by atoms with Crippen LogP contribution in [0, 0.1) is 0 Å². The summed E-state index contributed by atoms with van der Waals surface area (Å²) in [6.07, 6.45) is -9.35. The molecule has 504 valence electrons. The van der Waals surface area contributed by atoms with Gasteiger partial charge in [-0.2, -0.15) is 0 Å². The van der Waals surface area contributed by atoms with Crippen molar-refractivity contribution in [1.82, 2.24) is 21.3 Å². The summed E-state index contributed by atoms with van der Waals surface area (Å²) >= 11 is 45.8. The molecule has 4 aliphatic rings. The molecule has 8 aromatic rings. The summed E-state index contributed by atoms with van der Waals surface area (Å²) < 4.78 is 54.1. The van der Waals surface area contributed by atoms with E-state index >= 15 is 0 Å². The third kappa shape index (κ3) is 16.4. The summed E-state index contributed by atoms with van der Waals surface area (Å²) in [5.74, 6) is 3.23. The van der Waals surface area contributed by atoms with Gasteiger partial charge in [0.15, 0.2) is 25.7 Å². The van der Waals surface area contributed by atoms with E-state index in [0.29, 0.717) is 46.4 Å². The molecule has 0 amide bonds. The summed E-state index contributed by atoms with van der Waals surface area (Å²) in [5.41, 5.74) is 7.99. The second-order valence-electron chi connectivity index (χ2n) is 21.1. The van der Waals surface area contributed by atoms with Crippen LogP contribution >= 0.6 is 74.5 Å². The van der Waals surface area contributed by atoms with Gasteiger partial charge in [0.05, 0.1) is 77.6 Å². The van der Waals surface area contributed by atoms with Crippen molar-refractivity contribution >= 4 is 186 Å². The molecule has 0 radical (unpaired) electrons. The van der Waals surface area contributed by atoms with E-state index in [0.717, 1.165) is 115 Å². The standard InChI is InChI=1S/4C17H19N2O2PS2/c4*1-18-17(23)15-5-3-4-6-16(15)19-11-12-21-22(19,24)14-9-7-13(20-2)8-10-14/h4*3-10H,11-12H2,1-2H3,(H,18,23)/t4*22-/m1100/s1. The molecule has 4 atom stereocenters. The number of nitrogens with zero attached hydrogens (tertiary/aromatic N) is 4. The summed E-state index contributed by atoms with van der Waals surface area (Å²) in [5, 5.41) is 16.3. The Kier molecular flexibility index (Phi) is 26.6. The molecule has 0 aliphatic carbocycles. The minimum absolute atomic E-state index is 0.615. The van der Waals surface area contributed by atoms with Gasteiger partial charge in [0.2, 0.25) is 0 Å². The van der Waals surface area contributed by atoms with Crippen LogP contribution in [0.5, 0.6) is 23.0 Å². The Hall–Kier alpha value is -5.84. The number of para-hydroxylation sites is 4. The Balaban J connectivity index is 0.000000150. The predicted octanol–water partition coefficient (Wildman–Crippen LogP) is 12.2. The minimum Gasteiger partial charge on any atom is -0.497 e. The average Bonchev–Trinajstić information content (AvgIpc) is 1.53. The monoisotopic (exact) mass is 1510 g/mol. The lowest BCUT2D eigenvalue weighted by atomic mass is 10.1. The molecule has 0 aromatic heterocycles. The third-order valence-corrected chi connectivity index (χ3v) is 33.8. The normalized spacial score (nSPS) is 20.0. The Morgan fingerprint density at radius 2 is 0.479 bits per heavy atom. The van der Waals surface area contributed by atoms with Crippen molar-refractivity contribution in [3.8, 4) is 23.0 Å². The van der Waals surface area contributed by atoms with Crippen molar-refractivity contribution in [3.63, 3.8) is 0 Å². The van der Waals surface area contributed by atoms with Gasteiger partial charge in [-0.1, -0.05) is 97.4 Å². The van der Waals surface area contributed by atoms with Crippen LogP contribution in [0.2, 0.25) is 0 Å². The van der Waals surface area contributed by atoms with Gasteiger partial charge < -0.3 is 77.0 Å². The molecular formula is C68H76N8O8P4S8. The van der Waals surface area contributed by atoms with Crippen LogP contribution in [-0.2, 0) is 65.3 Å². The fourth-order valence-electron chi connectivity index (χ4n) is 10.9. The fraction of sp³-hybridized carbons (Fsp3) is 0.235. The Morgan fingerprint density at radius 1 is 0.302 bits per heavy atom. The molecule has 4 saturated heterocycles. The van der Waals surface area contributed by atoms with E-state index in [2.05, 4.69) is 64.2 Å². The number of anilines is 4. The van der Waals surface area contributed by atoms with Gasteiger partial charge in [-0.25, -0.2) is 0 Å². The quantitative estimate of drug-likeness (QED) is 0.0539. The zero-order valence-corrected chi connectivity index (χ0v) is 64.4. The largest absolute Gasteiger partial charge is 0.497 e. The lowest BCUT2D eigenvalue weighted by Gasteiger charge is -2.30. The molecular weight excluding hydrogens is 1440 g/mol. The second-order valence-corrected chi connectivity index (χ2v) is 37.8. The topological polar surface area (TPSA) is 135 Å². The molecule has 12 rings (SSSR count). The van der Waals surface area contributed by atoms with Crippen molar-refractivity contribution in [1.29, 1.82) is 0 Å². The smallest absolute Gasteiger partial charge is 0.186 e. The molecule has 16 nitrogen and oxygen atoms in total. The Morgan fingerprint density at radius 3 is 0.646 bits per heavy atom. The second kappa shape index (κ2) is 34.3. The van der Waals surface area contributed by atoms with Crippen molar-refractivity contribution < 1.29 is 37.0 Å². The Bertz CT molecular complexity index is 3720. The molecule has 8 aromatic carbocycles. The number of thiocarbonyl (C=S) groups is 4. The number of ether oxygens (including phenoxy) is 4. The highest BCUT2D eigenvalue weighted by Gasteiger charge is 2.40. The SMILES string of the molecule is CNC(=S)c1ccccc1N1CCO[P@@]1(=S)c1ccc(OC)cc1.CNC(=S)c1ccccc1N1CCO[P@@]1(=S)c1ccc(OC)cc1.CNC(=S)c1ccccc1N1CCO[P@]1(=S)c1ccc(OC)cc1.CNC(=S)c1ccccc1N1CCO[P@]1(=S)c1ccc(OC)cc1. The molecule has 0 unspecified atom stereocenters. The molecule has 96 heavy (non-hydrogen) atoms. The highest BCUT2D eigenvalue weighted by atomic mass is 32.5. The first kappa shape index (κ1) is 74.4. The first-order valence-corrected chi connectivity index (χ1v) is 42.7. The molecule has 4 heterocycles. The lowest BCUT2D eigenvalue weighted by Crippen LogP contribution is -2.25. The van der Waals surface area contributed by atoms with E-state index in [1.807, 2.05) is 198 Å².